The molecule has 0 unspecified atom stereocenters. The van der Waals surface area contributed by atoms with Crippen LogP contribution in [0, 0.1) is 13.8 Å². The van der Waals surface area contributed by atoms with Gasteiger partial charge in [0, 0.05) is 25.0 Å². The molecule has 0 amide bonds. The average molecular weight is 291 g/mol. The molecule has 1 aromatic carbocycles. The van der Waals surface area contributed by atoms with Crippen molar-refractivity contribution in [2.24, 2.45) is 0 Å². The van der Waals surface area contributed by atoms with Gasteiger partial charge in [-0.2, -0.15) is 0 Å². The monoisotopic (exact) mass is 291 g/mol. The number of sulfonamides is 1. The summed E-state index contributed by atoms with van der Waals surface area (Å²) in [4.78, 5) is 4.18. The Morgan fingerprint density at radius 3 is 2.30 bits per heavy atom. The van der Waals surface area contributed by atoms with Gasteiger partial charge in [-0.25, -0.2) is 13.4 Å². The molecular weight excluding hydrogens is 274 g/mol. The summed E-state index contributed by atoms with van der Waals surface area (Å²) in [6.45, 7) is 3.85. The average Bonchev–Trinajstić information content (AvgIpc) is 2.37. The van der Waals surface area contributed by atoms with Crippen molar-refractivity contribution in [3.8, 4) is 0 Å². The molecule has 6 heteroatoms. The van der Waals surface area contributed by atoms with Crippen molar-refractivity contribution in [3.05, 3.63) is 47.7 Å². The molecular formula is C14H17N3O2S. The Morgan fingerprint density at radius 1 is 1.05 bits per heavy atom. The van der Waals surface area contributed by atoms with Gasteiger partial charge in [0.15, 0.2) is 0 Å². The smallest absolute Gasteiger partial charge is 0.262 e. The molecule has 0 aliphatic rings. The van der Waals surface area contributed by atoms with E-state index in [0.29, 0.717) is 11.5 Å². The minimum absolute atomic E-state index is 0.177. The maximum Gasteiger partial charge on any atom is 0.262 e. The lowest BCUT2D eigenvalue weighted by molar-refractivity contribution is 0.601. The van der Waals surface area contributed by atoms with Crippen molar-refractivity contribution in [1.29, 1.82) is 0 Å². The highest BCUT2D eigenvalue weighted by Crippen LogP contribution is 2.19. The van der Waals surface area contributed by atoms with Crippen LogP contribution < -0.4 is 10.0 Å². The van der Waals surface area contributed by atoms with E-state index in [1.54, 1.807) is 19.2 Å². The minimum Gasteiger partial charge on any atom is -0.373 e. The summed E-state index contributed by atoms with van der Waals surface area (Å²) in [5.74, 6) is 0.508. The lowest BCUT2D eigenvalue weighted by Crippen LogP contribution is -2.13. The second kappa shape index (κ2) is 5.50. The Hall–Kier alpha value is -2.08. The summed E-state index contributed by atoms with van der Waals surface area (Å²) in [6, 6.07) is 8.54. The second-order valence-electron chi connectivity index (χ2n) is 4.61. The number of anilines is 2. The third kappa shape index (κ3) is 3.27. The van der Waals surface area contributed by atoms with Crippen molar-refractivity contribution in [2.75, 3.05) is 17.1 Å². The molecule has 20 heavy (non-hydrogen) atoms. The molecule has 0 fully saturated rings. The highest BCUT2D eigenvalue weighted by atomic mass is 32.2. The Kier molecular flexibility index (Phi) is 3.94. The van der Waals surface area contributed by atoms with E-state index >= 15 is 0 Å². The van der Waals surface area contributed by atoms with E-state index in [4.69, 9.17) is 0 Å². The first-order chi connectivity index (χ1) is 9.40. The zero-order valence-electron chi connectivity index (χ0n) is 11.6. The van der Waals surface area contributed by atoms with Gasteiger partial charge in [-0.05, 0) is 43.2 Å². The summed E-state index contributed by atoms with van der Waals surface area (Å²) in [5.41, 5.74) is 2.58. The highest BCUT2D eigenvalue weighted by molar-refractivity contribution is 7.92. The molecule has 0 bridgehead atoms. The van der Waals surface area contributed by atoms with Crippen molar-refractivity contribution in [2.45, 2.75) is 18.7 Å². The normalized spacial score (nSPS) is 11.2. The lowest BCUT2D eigenvalue weighted by atomic mass is 10.1. The van der Waals surface area contributed by atoms with Gasteiger partial charge in [0.25, 0.3) is 10.0 Å². The molecule has 0 atom stereocenters. The SMILES string of the molecule is CNc1cc(S(=O)(=O)Nc2cc(C)cc(C)c2)ccn1. The fourth-order valence-electron chi connectivity index (χ4n) is 1.96. The molecule has 2 N–H and O–H groups in total. The molecule has 0 saturated heterocycles. The number of hydrogen-bond donors (Lipinski definition) is 2. The highest BCUT2D eigenvalue weighted by Gasteiger charge is 2.15. The zero-order chi connectivity index (χ0) is 14.8. The first kappa shape index (κ1) is 14.3. The molecule has 2 rings (SSSR count). The van der Waals surface area contributed by atoms with Crippen LogP contribution in [0.5, 0.6) is 0 Å². The van der Waals surface area contributed by atoms with Crippen LogP contribution in [0.1, 0.15) is 11.1 Å². The number of aromatic nitrogens is 1. The summed E-state index contributed by atoms with van der Waals surface area (Å²) in [7, 11) is -1.92. The van der Waals surface area contributed by atoms with E-state index in [1.165, 1.54) is 18.3 Å². The first-order valence-electron chi connectivity index (χ1n) is 6.15. The van der Waals surface area contributed by atoms with Gasteiger partial charge in [-0.1, -0.05) is 6.07 Å². The molecule has 1 aromatic heterocycles. The maximum atomic E-state index is 12.3. The van der Waals surface area contributed by atoms with Gasteiger partial charge in [-0.3, -0.25) is 4.72 Å². The zero-order valence-corrected chi connectivity index (χ0v) is 12.5. The van der Waals surface area contributed by atoms with Crippen LogP contribution in [-0.2, 0) is 10.0 Å². The van der Waals surface area contributed by atoms with Crippen LogP contribution in [-0.4, -0.2) is 20.4 Å². The van der Waals surface area contributed by atoms with Gasteiger partial charge in [0.2, 0.25) is 0 Å². The molecule has 0 saturated carbocycles. The topological polar surface area (TPSA) is 71.1 Å². The van der Waals surface area contributed by atoms with E-state index in [2.05, 4.69) is 15.0 Å². The van der Waals surface area contributed by atoms with Crippen LogP contribution in [0.15, 0.2) is 41.4 Å². The number of pyridine rings is 1. The summed E-state index contributed by atoms with van der Waals surface area (Å²) >= 11 is 0. The molecule has 5 nitrogen and oxygen atoms in total. The Balaban J connectivity index is 2.35. The summed E-state index contributed by atoms with van der Waals surface area (Å²) in [6.07, 6.45) is 1.46. The van der Waals surface area contributed by atoms with Crippen LogP contribution in [0.25, 0.3) is 0 Å². The Bertz CT molecular complexity index is 707. The number of rotatable bonds is 4. The van der Waals surface area contributed by atoms with E-state index in [1.807, 2.05) is 19.9 Å². The number of hydrogen-bond acceptors (Lipinski definition) is 4. The second-order valence-corrected chi connectivity index (χ2v) is 6.29. The molecule has 0 aliphatic heterocycles. The van der Waals surface area contributed by atoms with Crippen LogP contribution in [0.3, 0.4) is 0 Å². The largest absolute Gasteiger partial charge is 0.373 e. The third-order valence-electron chi connectivity index (χ3n) is 2.77. The van der Waals surface area contributed by atoms with E-state index in [9.17, 15) is 8.42 Å². The van der Waals surface area contributed by atoms with Gasteiger partial charge in [-0.15, -0.1) is 0 Å². The van der Waals surface area contributed by atoms with E-state index in [0.717, 1.165) is 11.1 Å². The Morgan fingerprint density at radius 2 is 1.70 bits per heavy atom. The van der Waals surface area contributed by atoms with Crippen LogP contribution in [0.4, 0.5) is 11.5 Å². The van der Waals surface area contributed by atoms with Crippen LogP contribution in [0.2, 0.25) is 0 Å². The molecule has 106 valence electrons. The number of nitrogens with zero attached hydrogens (tertiary/aromatic N) is 1. The predicted molar refractivity (Wildman–Crippen MR) is 80.5 cm³/mol. The van der Waals surface area contributed by atoms with Crippen molar-refractivity contribution in [1.82, 2.24) is 4.98 Å². The van der Waals surface area contributed by atoms with Crippen molar-refractivity contribution >= 4 is 21.5 Å². The first-order valence-corrected chi connectivity index (χ1v) is 7.64. The minimum atomic E-state index is -3.61. The van der Waals surface area contributed by atoms with Gasteiger partial charge in [0.05, 0.1) is 4.90 Å². The van der Waals surface area contributed by atoms with E-state index < -0.39 is 10.0 Å². The van der Waals surface area contributed by atoms with Crippen molar-refractivity contribution < 1.29 is 8.42 Å². The summed E-state index contributed by atoms with van der Waals surface area (Å²) < 4.78 is 27.2. The lowest BCUT2D eigenvalue weighted by Gasteiger charge is -2.10. The molecule has 1 heterocycles. The standard InChI is InChI=1S/C14H17N3O2S/c1-10-6-11(2)8-12(7-10)17-20(18,19)13-4-5-16-14(9-13)15-3/h4-9,17H,1-3H3,(H,15,16). The maximum absolute atomic E-state index is 12.3. The summed E-state index contributed by atoms with van der Waals surface area (Å²) in [5, 5.41) is 2.82. The van der Waals surface area contributed by atoms with Gasteiger partial charge in [0.1, 0.15) is 5.82 Å². The van der Waals surface area contributed by atoms with Gasteiger partial charge < -0.3 is 5.32 Å². The molecule has 0 radical (unpaired) electrons. The molecule has 0 aliphatic carbocycles. The fraction of sp³-hybridized carbons (Fsp3) is 0.214. The van der Waals surface area contributed by atoms with Gasteiger partial charge >= 0.3 is 0 Å². The number of nitrogens with one attached hydrogen (secondary N) is 2. The number of benzene rings is 1. The van der Waals surface area contributed by atoms with Crippen molar-refractivity contribution in [3.63, 3.8) is 0 Å². The third-order valence-corrected chi connectivity index (χ3v) is 4.15. The molecule has 2 aromatic rings. The Labute approximate surface area is 119 Å². The molecule has 0 spiro atoms. The fourth-order valence-corrected chi connectivity index (χ4v) is 3.02. The van der Waals surface area contributed by atoms with E-state index in [-0.39, 0.29) is 4.90 Å². The predicted octanol–water partition coefficient (Wildman–Crippen LogP) is 2.54. The van der Waals surface area contributed by atoms with Crippen LogP contribution >= 0.6 is 0 Å². The quantitative estimate of drug-likeness (QED) is 0.908. The number of aryl methyl sites for hydroxylation is 2.